The van der Waals surface area contributed by atoms with E-state index in [0.29, 0.717) is 18.0 Å². The first kappa shape index (κ1) is 12.8. The molecule has 3 atom stereocenters. The Morgan fingerprint density at radius 3 is 2.71 bits per heavy atom. The van der Waals surface area contributed by atoms with Crippen LogP contribution in [-0.2, 0) is 4.79 Å². The van der Waals surface area contributed by atoms with E-state index >= 15 is 0 Å². The van der Waals surface area contributed by atoms with E-state index in [0.717, 1.165) is 38.9 Å². The monoisotopic (exact) mass is 239 g/mol. The zero-order valence-corrected chi connectivity index (χ0v) is 11.3. The zero-order valence-electron chi connectivity index (χ0n) is 11.3. The average Bonchev–Trinajstić information content (AvgIpc) is 2.80. The molecule has 98 valence electrons. The van der Waals surface area contributed by atoms with Crippen LogP contribution in [0.5, 0.6) is 0 Å². The lowest BCUT2D eigenvalue weighted by Crippen LogP contribution is -2.55. The second-order valence-electron chi connectivity index (χ2n) is 5.52. The standard InChI is InChI=1S/C13H25N3O/c1-4-11-5-6-12(14-11)13(17)16-8-7-15(3)10(2)9-16/h10-12,14H,4-9H2,1-3H3/t10-,11-,12-/m1/s1. The van der Waals surface area contributed by atoms with Gasteiger partial charge in [0.25, 0.3) is 0 Å². The summed E-state index contributed by atoms with van der Waals surface area (Å²) in [5.41, 5.74) is 0. The van der Waals surface area contributed by atoms with Crippen LogP contribution in [-0.4, -0.2) is 60.5 Å². The minimum Gasteiger partial charge on any atom is -0.339 e. The number of carbonyl (C=O) groups excluding carboxylic acids is 1. The zero-order chi connectivity index (χ0) is 12.4. The van der Waals surface area contributed by atoms with E-state index in [1.807, 2.05) is 4.90 Å². The van der Waals surface area contributed by atoms with Gasteiger partial charge in [0.15, 0.2) is 0 Å². The highest BCUT2D eigenvalue weighted by Gasteiger charge is 2.33. The molecule has 2 fully saturated rings. The molecule has 0 aromatic carbocycles. The molecular weight excluding hydrogens is 214 g/mol. The predicted molar refractivity (Wildman–Crippen MR) is 68.9 cm³/mol. The highest BCUT2D eigenvalue weighted by atomic mass is 16.2. The van der Waals surface area contributed by atoms with Gasteiger partial charge < -0.3 is 15.1 Å². The molecule has 0 aliphatic carbocycles. The Kier molecular flexibility index (Phi) is 4.05. The summed E-state index contributed by atoms with van der Waals surface area (Å²) in [4.78, 5) is 16.7. The van der Waals surface area contributed by atoms with Crippen molar-refractivity contribution in [1.82, 2.24) is 15.1 Å². The lowest BCUT2D eigenvalue weighted by Gasteiger charge is -2.38. The highest BCUT2D eigenvalue weighted by molar-refractivity contribution is 5.82. The predicted octanol–water partition coefficient (Wildman–Crippen LogP) is 0.680. The number of likely N-dealkylation sites (N-methyl/N-ethyl adjacent to an activating group) is 1. The van der Waals surface area contributed by atoms with Gasteiger partial charge in [-0.05, 0) is 33.2 Å². The highest BCUT2D eigenvalue weighted by Crippen LogP contribution is 2.18. The van der Waals surface area contributed by atoms with Gasteiger partial charge in [-0.15, -0.1) is 0 Å². The Morgan fingerprint density at radius 1 is 1.35 bits per heavy atom. The van der Waals surface area contributed by atoms with Crippen molar-refractivity contribution in [3.8, 4) is 0 Å². The molecule has 2 aliphatic heterocycles. The number of hydrogen-bond donors (Lipinski definition) is 1. The van der Waals surface area contributed by atoms with Crippen LogP contribution in [0.2, 0.25) is 0 Å². The van der Waals surface area contributed by atoms with E-state index in [2.05, 4.69) is 31.1 Å². The van der Waals surface area contributed by atoms with Crippen molar-refractivity contribution in [3.05, 3.63) is 0 Å². The van der Waals surface area contributed by atoms with Crippen molar-refractivity contribution in [1.29, 1.82) is 0 Å². The first-order valence-electron chi connectivity index (χ1n) is 6.87. The van der Waals surface area contributed by atoms with Crippen molar-refractivity contribution in [2.75, 3.05) is 26.7 Å². The number of amides is 1. The number of nitrogens with zero attached hydrogens (tertiary/aromatic N) is 2. The molecule has 2 rings (SSSR count). The average molecular weight is 239 g/mol. The molecule has 0 spiro atoms. The molecule has 0 unspecified atom stereocenters. The van der Waals surface area contributed by atoms with Crippen LogP contribution in [0.4, 0.5) is 0 Å². The summed E-state index contributed by atoms with van der Waals surface area (Å²) in [6.07, 6.45) is 3.29. The Hall–Kier alpha value is -0.610. The van der Waals surface area contributed by atoms with E-state index in [4.69, 9.17) is 0 Å². The van der Waals surface area contributed by atoms with Gasteiger partial charge in [0, 0.05) is 31.7 Å². The smallest absolute Gasteiger partial charge is 0.239 e. The summed E-state index contributed by atoms with van der Waals surface area (Å²) in [5, 5.41) is 3.46. The van der Waals surface area contributed by atoms with E-state index < -0.39 is 0 Å². The van der Waals surface area contributed by atoms with Gasteiger partial charge in [0.05, 0.1) is 6.04 Å². The summed E-state index contributed by atoms with van der Waals surface area (Å²) >= 11 is 0. The van der Waals surface area contributed by atoms with E-state index in [-0.39, 0.29) is 6.04 Å². The normalized spacial score (nSPS) is 35.2. The van der Waals surface area contributed by atoms with Crippen molar-refractivity contribution in [3.63, 3.8) is 0 Å². The number of rotatable bonds is 2. The molecule has 2 heterocycles. The Morgan fingerprint density at radius 2 is 2.12 bits per heavy atom. The van der Waals surface area contributed by atoms with Crippen LogP contribution in [0.15, 0.2) is 0 Å². The van der Waals surface area contributed by atoms with E-state index in [9.17, 15) is 4.79 Å². The fourth-order valence-electron chi connectivity index (χ4n) is 2.80. The van der Waals surface area contributed by atoms with Crippen LogP contribution in [0.25, 0.3) is 0 Å². The number of nitrogens with one attached hydrogen (secondary N) is 1. The largest absolute Gasteiger partial charge is 0.339 e. The van der Waals surface area contributed by atoms with Gasteiger partial charge in [0.1, 0.15) is 0 Å². The Balaban J connectivity index is 1.88. The van der Waals surface area contributed by atoms with Gasteiger partial charge in [-0.2, -0.15) is 0 Å². The van der Waals surface area contributed by atoms with Gasteiger partial charge >= 0.3 is 0 Å². The molecule has 2 saturated heterocycles. The molecule has 4 heteroatoms. The maximum Gasteiger partial charge on any atom is 0.239 e. The van der Waals surface area contributed by atoms with Gasteiger partial charge in [-0.25, -0.2) is 0 Å². The first-order valence-corrected chi connectivity index (χ1v) is 6.87. The van der Waals surface area contributed by atoms with Crippen LogP contribution in [0.1, 0.15) is 33.1 Å². The molecule has 0 saturated carbocycles. The Bertz CT molecular complexity index is 282. The van der Waals surface area contributed by atoms with E-state index in [1.54, 1.807) is 0 Å². The lowest BCUT2D eigenvalue weighted by molar-refractivity contribution is -0.135. The van der Waals surface area contributed by atoms with Gasteiger partial charge in [-0.1, -0.05) is 6.92 Å². The fourth-order valence-corrected chi connectivity index (χ4v) is 2.80. The minimum atomic E-state index is 0.0792. The fraction of sp³-hybridized carbons (Fsp3) is 0.923. The SMILES string of the molecule is CC[C@@H]1CC[C@H](C(=O)N2CCN(C)[C@H](C)C2)N1. The second kappa shape index (κ2) is 5.36. The topological polar surface area (TPSA) is 35.6 Å². The summed E-state index contributed by atoms with van der Waals surface area (Å²) in [7, 11) is 2.13. The molecule has 1 N–H and O–H groups in total. The summed E-state index contributed by atoms with van der Waals surface area (Å²) in [5.74, 6) is 0.320. The number of carbonyl (C=O) groups is 1. The molecule has 1 amide bonds. The summed E-state index contributed by atoms with van der Waals surface area (Å²) < 4.78 is 0. The minimum absolute atomic E-state index is 0.0792. The third kappa shape index (κ3) is 2.80. The molecule has 0 bridgehead atoms. The molecule has 0 aromatic rings. The van der Waals surface area contributed by atoms with Crippen LogP contribution in [0, 0.1) is 0 Å². The lowest BCUT2D eigenvalue weighted by atomic mass is 10.1. The van der Waals surface area contributed by atoms with Gasteiger partial charge in [0.2, 0.25) is 5.91 Å². The molecular formula is C13H25N3O. The number of piperazine rings is 1. The maximum absolute atomic E-state index is 12.4. The summed E-state index contributed by atoms with van der Waals surface area (Å²) in [6, 6.07) is 1.11. The maximum atomic E-state index is 12.4. The van der Waals surface area contributed by atoms with Crippen molar-refractivity contribution in [2.24, 2.45) is 0 Å². The third-order valence-corrected chi connectivity index (χ3v) is 4.30. The van der Waals surface area contributed by atoms with E-state index in [1.165, 1.54) is 0 Å². The number of hydrogen-bond acceptors (Lipinski definition) is 3. The Labute approximate surface area is 104 Å². The van der Waals surface area contributed by atoms with Crippen molar-refractivity contribution in [2.45, 2.75) is 51.2 Å². The molecule has 2 aliphatic rings. The third-order valence-electron chi connectivity index (χ3n) is 4.30. The molecule has 0 radical (unpaired) electrons. The summed E-state index contributed by atoms with van der Waals surface area (Å²) in [6.45, 7) is 7.13. The quantitative estimate of drug-likeness (QED) is 0.770. The van der Waals surface area contributed by atoms with Gasteiger partial charge in [-0.3, -0.25) is 4.79 Å². The van der Waals surface area contributed by atoms with Crippen molar-refractivity contribution >= 4 is 5.91 Å². The van der Waals surface area contributed by atoms with Crippen LogP contribution >= 0.6 is 0 Å². The van der Waals surface area contributed by atoms with Crippen LogP contribution < -0.4 is 5.32 Å². The molecule has 4 nitrogen and oxygen atoms in total. The van der Waals surface area contributed by atoms with Crippen LogP contribution in [0.3, 0.4) is 0 Å². The molecule has 0 aromatic heterocycles. The first-order chi connectivity index (χ1) is 8.11. The second-order valence-corrected chi connectivity index (χ2v) is 5.52. The molecule has 17 heavy (non-hydrogen) atoms. The van der Waals surface area contributed by atoms with Crippen molar-refractivity contribution < 1.29 is 4.79 Å².